The molecule has 0 atom stereocenters. The third kappa shape index (κ3) is 4.54. The van der Waals surface area contributed by atoms with Crippen molar-refractivity contribution in [3.8, 4) is 0 Å². The van der Waals surface area contributed by atoms with Gasteiger partial charge in [-0.15, -0.1) is 11.3 Å². The molecule has 1 aliphatic heterocycles. The van der Waals surface area contributed by atoms with Crippen LogP contribution in [-0.4, -0.2) is 35.6 Å². The number of thiazole rings is 1. The summed E-state index contributed by atoms with van der Waals surface area (Å²) < 4.78 is 0. The van der Waals surface area contributed by atoms with E-state index in [1.54, 1.807) is 11.3 Å². The van der Waals surface area contributed by atoms with E-state index in [-0.39, 0.29) is 5.41 Å². The fourth-order valence-corrected chi connectivity index (χ4v) is 3.57. The van der Waals surface area contributed by atoms with Crippen LogP contribution in [0.4, 0.5) is 0 Å². The molecule has 1 aliphatic rings. The minimum absolute atomic E-state index is 0.175. The lowest BCUT2D eigenvalue weighted by atomic mass is 9.98. The smallest absolute Gasteiger partial charge is 0.0982 e. The monoisotopic (exact) mass is 295 g/mol. The van der Waals surface area contributed by atoms with Gasteiger partial charge in [0.05, 0.1) is 10.7 Å². The second kappa shape index (κ2) is 7.01. The molecule has 0 unspecified atom stereocenters. The van der Waals surface area contributed by atoms with Crippen molar-refractivity contribution < 1.29 is 0 Å². The van der Waals surface area contributed by atoms with Gasteiger partial charge in [-0.25, -0.2) is 4.98 Å². The molecule has 0 radical (unpaired) electrons. The van der Waals surface area contributed by atoms with E-state index >= 15 is 0 Å². The molecule has 0 aliphatic carbocycles. The van der Waals surface area contributed by atoms with E-state index in [2.05, 4.69) is 43.3 Å². The van der Waals surface area contributed by atoms with Crippen LogP contribution in [0.5, 0.6) is 0 Å². The molecule has 20 heavy (non-hydrogen) atoms. The first-order valence-electron chi connectivity index (χ1n) is 7.89. The van der Waals surface area contributed by atoms with E-state index in [1.807, 2.05) is 0 Å². The van der Waals surface area contributed by atoms with Crippen LogP contribution in [-0.2, 0) is 12.0 Å². The number of piperidine rings is 1. The molecule has 3 nitrogen and oxygen atoms in total. The number of rotatable bonds is 5. The molecule has 1 aromatic rings. The first-order valence-corrected chi connectivity index (χ1v) is 8.77. The largest absolute Gasteiger partial charge is 0.308 e. The maximum atomic E-state index is 4.76. The van der Waals surface area contributed by atoms with Gasteiger partial charge in [0.2, 0.25) is 0 Å². The van der Waals surface area contributed by atoms with Crippen LogP contribution in [0, 0.1) is 0 Å². The Bertz CT molecular complexity index is 400. The van der Waals surface area contributed by atoms with Crippen molar-refractivity contribution in [2.75, 3.05) is 19.6 Å². The van der Waals surface area contributed by atoms with Crippen molar-refractivity contribution in [1.82, 2.24) is 15.2 Å². The SMILES string of the molecule is CCCN1CCC(NCc2csc(C(C)(C)C)n2)CC1. The van der Waals surface area contributed by atoms with Crippen LogP contribution in [0.3, 0.4) is 0 Å². The molecule has 114 valence electrons. The molecule has 2 heterocycles. The summed E-state index contributed by atoms with van der Waals surface area (Å²) in [6.45, 7) is 13.6. The number of nitrogens with zero attached hydrogens (tertiary/aromatic N) is 2. The van der Waals surface area contributed by atoms with Crippen molar-refractivity contribution in [3.63, 3.8) is 0 Å². The van der Waals surface area contributed by atoms with E-state index in [0.717, 1.165) is 6.54 Å². The Morgan fingerprint density at radius 3 is 2.60 bits per heavy atom. The summed E-state index contributed by atoms with van der Waals surface area (Å²) in [6, 6.07) is 0.669. The maximum Gasteiger partial charge on any atom is 0.0982 e. The van der Waals surface area contributed by atoms with Gasteiger partial charge in [0.15, 0.2) is 0 Å². The van der Waals surface area contributed by atoms with Gasteiger partial charge in [-0.05, 0) is 38.9 Å². The van der Waals surface area contributed by atoms with Crippen LogP contribution in [0.15, 0.2) is 5.38 Å². The fourth-order valence-electron chi connectivity index (χ4n) is 2.66. The van der Waals surface area contributed by atoms with E-state index in [1.165, 1.54) is 49.6 Å². The number of nitrogens with one attached hydrogen (secondary N) is 1. The normalized spacial score (nSPS) is 18.6. The Balaban J connectivity index is 1.75. The lowest BCUT2D eigenvalue weighted by Gasteiger charge is -2.32. The summed E-state index contributed by atoms with van der Waals surface area (Å²) in [7, 11) is 0. The number of hydrogen-bond acceptors (Lipinski definition) is 4. The van der Waals surface area contributed by atoms with Gasteiger partial charge in [-0.3, -0.25) is 0 Å². The summed E-state index contributed by atoms with van der Waals surface area (Å²) in [4.78, 5) is 7.34. The van der Waals surface area contributed by atoms with E-state index < -0.39 is 0 Å². The molecule has 1 fully saturated rings. The zero-order valence-corrected chi connectivity index (χ0v) is 14.2. The third-order valence-corrected chi connectivity index (χ3v) is 5.21. The molecule has 0 aromatic carbocycles. The first kappa shape index (κ1) is 15.9. The van der Waals surface area contributed by atoms with Gasteiger partial charge in [-0.2, -0.15) is 0 Å². The second-order valence-electron chi connectivity index (χ2n) is 6.89. The number of likely N-dealkylation sites (tertiary alicyclic amines) is 1. The highest BCUT2D eigenvalue weighted by Crippen LogP contribution is 2.25. The van der Waals surface area contributed by atoms with Gasteiger partial charge < -0.3 is 10.2 Å². The van der Waals surface area contributed by atoms with Crippen molar-refractivity contribution in [3.05, 3.63) is 16.1 Å². The van der Waals surface area contributed by atoms with E-state index in [0.29, 0.717) is 6.04 Å². The Labute approximate surface area is 127 Å². The molecule has 0 bridgehead atoms. The lowest BCUT2D eigenvalue weighted by Crippen LogP contribution is -2.42. The Morgan fingerprint density at radius 2 is 2.05 bits per heavy atom. The Kier molecular flexibility index (Phi) is 5.58. The molecule has 0 amide bonds. The van der Waals surface area contributed by atoms with Crippen LogP contribution >= 0.6 is 11.3 Å². The van der Waals surface area contributed by atoms with Crippen molar-refractivity contribution in [2.45, 2.75) is 65.0 Å². The molecule has 2 rings (SSSR count). The van der Waals surface area contributed by atoms with Gasteiger partial charge in [0.1, 0.15) is 0 Å². The molecule has 0 saturated carbocycles. The summed E-state index contributed by atoms with van der Waals surface area (Å²) in [6.07, 6.45) is 3.82. The molecular weight excluding hydrogens is 266 g/mol. The first-order chi connectivity index (χ1) is 9.49. The molecular formula is C16H29N3S. The average Bonchev–Trinajstić information content (AvgIpc) is 2.87. The number of hydrogen-bond donors (Lipinski definition) is 1. The quantitative estimate of drug-likeness (QED) is 0.902. The van der Waals surface area contributed by atoms with Crippen molar-refractivity contribution >= 4 is 11.3 Å². The zero-order chi connectivity index (χ0) is 14.6. The number of aromatic nitrogens is 1. The zero-order valence-electron chi connectivity index (χ0n) is 13.4. The summed E-state index contributed by atoms with van der Waals surface area (Å²) in [5.74, 6) is 0. The Morgan fingerprint density at radius 1 is 1.35 bits per heavy atom. The van der Waals surface area contributed by atoms with E-state index in [4.69, 9.17) is 4.98 Å². The molecule has 4 heteroatoms. The third-order valence-electron chi connectivity index (χ3n) is 3.89. The topological polar surface area (TPSA) is 28.2 Å². The van der Waals surface area contributed by atoms with E-state index in [9.17, 15) is 0 Å². The standard InChI is InChI=1S/C16H29N3S/c1-5-8-19-9-6-13(7-10-19)17-11-14-12-20-15(18-14)16(2,3)4/h12-13,17H,5-11H2,1-4H3. The predicted molar refractivity (Wildman–Crippen MR) is 87.4 cm³/mol. The highest BCUT2D eigenvalue weighted by atomic mass is 32.1. The molecule has 1 saturated heterocycles. The summed E-state index contributed by atoms with van der Waals surface area (Å²) in [5, 5.41) is 7.13. The van der Waals surface area contributed by atoms with Gasteiger partial charge in [0, 0.05) is 23.4 Å². The summed E-state index contributed by atoms with van der Waals surface area (Å²) in [5.41, 5.74) is 1.38. The van der Waals surface area contributed by atoms with Crippen LogP contribution < -0.4 is 5.32 Å². The fraction of sp³-hybridized carbons (Fsp3) is 0.812. The molecule has 1 N–H and O–H groups in total. The van der Waals surface area contributed by atoms with Crippen LogP contribution in [0.25, 0.3) is 0 Å². The summed E-state index contributed by atoms with van der Waals surface area (Å²) >= 11 is 1.79. The van der Waals surface area contributed by atoms with Crippen LogP contribution in [0.1, 0.15) is 57.7 Å². The highest BCUT2D eigenvalue weighted by molar-refractivity contribution is 7.09. The van der Waals surface area contributed by atoms with Crippen LogP contribution in [0.2, 0.25) is 0 Å². The molecule has 0 spiro atoms. The second-order valence-corrected chi connectivity index (χ2v) is 7.75. The molecule has 1 aromatic heterocycles. The van der Waals surface area contributed by atoms with Gasteiger partial charge in [-0.1, -0.05) is 27.7 Å². The van der Waals surface area contributed by atoms with Crippen molar-refractivity contribution in [2.24, 2.45) is 0 Å². The van der Waals surface area contributed by atoms with Crippen molar-refractivity contribution in [1.29, 1.82) is 0 Å². The predicted octanol–water partition coefficient (Wildman–Crippen LogP) is 3.40. The van der Waals surface area contributed by atoms with Gasteiger partial charge >= 0.3 is 0 Å². The Hall–Kier alpha value is -0.450. The minimum Gasteiger partial charge on any atom is -0.308 e. The minimum atomic E-state index is 0.175. The highest BCUT2D eigenvalue weighted by Gasteiger charge is 2.20. The average molecular weight is 295 g/mol. The maximum absolute atomic E-state index is 4.76. The van der Waals surface area contributed by atoms with Gasteiger partial charge in [0.25, 0.3) is 0 Å². The lowest BCUT2D eigenvalue weighted by molar-refractivity contribution is 0.197.